The maximum absolute atomic E-state index is 5.86. The Bertz CT molecular complexity index is 636. The van der Waals surface area contributed by atoms with E-state index in [9.17, 15) is 0 Å². The Morgan fingerprint density at radius 2 is 2.18 bits per heavy atom. The molecule has 0 aliphatic rings. The molecule has 1 aromatic heterocycles. The number of guanidine groups is 1. The Hall–Kier alpha value is -2.57. The minimum atomic E-state index is 0.248. The monoisotopic (exact) mass is 303 g/mol. The zero-order valence-corrected chi connectivity index (χ0v) is 13.0. The van der Waals surface area contributed by atoms with Crippen LogP contribution in [0.1, 0.15) is 31.5 Å². The van der Waals surface area contributed by atoms with Crippen molar-refractivity contribution < 1.29 is 9.26 Å². The molecule has 0 saturated heterocycles. The van der Waals surface area contributed by atoms with E-state index < -0.39 is 0 Å². The third-order valence-electron chi connectivity index (χ3n) is 2.98. The molecule has 7 heteroatoms. The van der Waals surface area contributed by atoms with Crippen LogP contribution in [0.3, 0.4) is 0 Å². The average molecular weight is 303 g/mol. The van der Waals surface area contributed by atoms with E-state index >= 15 is 0 Å². The lowest BCUT2D eigenvalue weighted by Crippen LogP contribution is -2.23. The van der Waals surface area contributed by atoms with Gasteiger partial charge in [-0.1, -0.05) is 31.1 Å². The highest BCUT2D eigenvalue weighted by molar-refractivity contribution is 5.93. The van der Waals surface area contributed by atoms with Crippen LogP contribution in [0.25, 0.3) is 0 Å². The second-order valence-corrected chi connectivity index (χ2v) is 5.04. The molecule has 0 aliphatic carbocycles. The first-order valence-corrected chi connectivity index (χ1v) is 7.12. The summed E-state index contributed by atoms with van der Waals surface area (Å²) in [7, 11) is 1.61. The van der Waals surface area contributed by atoms with Gasteiger partial charge in [-0.2, -0.15) is 4.98 Å². The van der Waals surface area contributed by atoms with E-state index in [0.717, 1.165) is 5.69 Å². The molecule has 0 amide bonds. The van der Waals surface area contributed by atoms with Gasteiger partial charge in [-0.05, 0) is 12.1 Å². The van der Waals surface area contributed by atoms with Crippen LogP contribution < -0.4 is 15.8 Å². The van der Waals surface area contributed by atoms with Gasteiger partial charge in [0, 0.05) is 12.3 Å². The minimum Gasteiger partial charge on any atom is -0.495 e. The molecule has 118 valence electrons. The highest BCUT2D eigenvalue weighted by atomic mass is 16.5. The number of methoxy groups -OCH3 is 1. The maximum Gasteiger partial charge on any atom is 0.228 e. The molecule has 0 fully saturated rings. The van der Waals surface area contributed by atoms with Gasteiger partial charge >= 0.3 is 0 Å². The summed E-state index contributed by atoms with van der Waals surface area (Å²) in [5, 5.41) is 6.91. The van der Waals surface area contributed by atoms with Crippen LogP contribution >= 0.6 is 0 Å². The summed E-state index contributed by atoms with van der Waals surface area (Å²) >= 11 is 0. The fraction of sp³-hybridized carbons (Fsp3) is 0.400. The van der Waals surface area contributed by atoms with E-state index in [1.165, 1.54) is 0 Å². The summed E-state index contributed by atoms with van der Waals surface area (Å²) in [6.45, 7) is 4.50. The lowest BCUT2D eigenvalue weighted by Gasteiger charge is -2.09. The summed E-state index contributed by atoms with van der Waals surface area (Å²) in [5.74, 6) is 2.54. The number of hydrogen-bond acceptors (Lipinski definition) is 5. The number of hydrogen-bond donors (Lipinski definition) is 2. The van der Waals surface area contributed by atoms with Crippen LogP contribution in [0.5, 0.6) is 5.75 Å². The van der Waals surface area contributed by atoms with Crippen molar-refractivity contribution in [2.24, 2.45) is 10.7 Å². The molecule has 0 aliphatic heterocycles. The Morgan fingerprint density at radius 1 is 1.41 bits per heavy atom. The predicted molar refractivity (Wildman–Crippen MR) is 85.2 cm³/mol. The first kappa shape index (κ1) is 15.8. The van der Waals surface area contributed by atoms with Gasteiger partial charge in [0.1, 0.15) is 5.75 Å². The van der Waals surface area contributed by atoms with Crippen molar-refractivity contribution in [3.8, 4) is 5.75 Å². The molecule has 0 atom stereocenters. The fourth-order valence-electron chi connectivity index (χ4n) is 1.80. The van der Waals surface area contributed by atoms with E-state index in [-0.39, 0.29) is 5.92 Å². The molecule has 0 spiro atoms. The van der Waals surface area contributed by atoms with Crippen LogP contribution in [-0.4, -0.2) is 29.8 Å². The van der Waals surface area contributed by atoms with Gasteiger partial charge in [-0.25, -0.2) is 0 Å². The summed E-state index contributed by atoms with van der Waals surface area (Å²) in [5.41, 5.74) is 6.63. The number of anilines is 1. The number of rotatable bonds is 6. The van der Waals surface area contributed by atoms with Crippen LogP contribution in [0.15, 0.2) is 33.8 Å². The molecule has 2 aromatic rings. The van der Waals surface area contributed by atoms with E-state index in [1.807, 2.05) is 38.1 Å². The third-order valence-corrected chi connectivity index (χ3v) is 2.98. The number of ether oxygens (including phenoxy) is 1. The second kappa shape index (κ2) is 7.44. The molecular weight excluding hydrogens is 282 g/mol. The fourth-order valence-corrected chi connectivity index (χ4v) is 1.80. The molecule has 1 aromatic carbocycles. The maximum atomic E-state index is 5.86. The Kier molecular flexibility index (Phi) is 5.35. The highest BCUT2D eigenvalue weighted by Gasteiger charge is 2.09. The number of para-hydroxylation sites is 2. The Balaban J connectivity index is 1.89. The molecule has 0 saturated carbocycles. The highest BCUT2D eigenvalue weighted by Crippen LogP contribution is 2.22. The molecule has 0 radical (unpaired) electrons. The van der Waals surface area contributed by atoms with Gasteiger partial charge in [-0.3, -0.25) is 4.99 Å². The summed E-state index contributed by atoms with van der Waals surface area (Å²) in [4.78, 5) is 8.53. The first-order valence-electron chi connectivity index (χ1n) is 7.12. The molecule has 7 nitrogen and oxygen atoms in total. The standard InChI is InChI=1S/C15H21N5O2/c1-10(2)14-19-13(22-20-14)8-9-17-15(16)18-11-6-4-5-7-12(11)21-3/h4-7,10H,8-9H2,1-3H3,(H3,16,17,18). The topological polar surface area (TPSA) is 98.6 Å². The first-order chi connectivity index (χ1) is 10.6. The van der Waals surface area contributed by atoms with Crippen LogP contribution in [0.2, 0.25) is 0 Å². The SMILES string of the molecule is COc1ccccc1NC(N)=NCCc1nc(C(C)C)no1. The van der Waals surface area contributed by atoms with E-state index in [4.69, 9.17) is 15.0 Å². The van der Waals surface area contributed by atoms with Crippen LogP contribution in [-0.2, 0) is 6.42 Å². The lowest BCUT2D eigenvalue weighted by molar-refractivity contribution is 0.372. The summed E-state index contributed by atoms with van der Waals surface area (Å²) in [6.07, 6.45) is 0.550. The van der Waals surface area contributed by atoms with Crippen molar-refractivity contribution in [2.75, 3.05) is 19.0 Å². The van der Waals surface area contributed by atoms with Crippen molar-refractivity contribution in [3.63, 3.8) is 0 Å². The van der Waals surface area contributed by atoms with Crippen LogP contribution in [0.4, 0.5) is 5.69 Å². The van der Waals surface area contributed by atoms with Crippen LogP contribution in [0, 0.1) is 0 Å². The van der Waals surface area contributed by atoms with E-state index in [2.05, 4.69) is 20.4 Å². The lowest BCUT2D eigenvalue weighted by atomic mass is 10.2. The van der Waals surface area contributed by atoms with Crippen molar-refractivity contribution in [3.05, 3.63) is 36.0 Å². The van der Waals surface area contributed by atoms with Gasteiger partial charge in [-0.15, -0.1) is 0 Å². The average Bonchev–Trinajstić information content (AvgIpc) is 2.97. The number of aromatic nitrogens is 2. The predicted octanol–water partition coefficient (Wildman–Crippen LogP) is 2.17. The largest absolute Gasteiger partial charge is 0.495 e. The molecule has 0 bridgehead atoms. The number of nitrogens with one attached hydrogen (secondary N) is 1. The smallest absolute Gasteiger partial charge is 0.228 e. The minimum absolute atomic E-state index is 0.248. The van der Waals surface area contributed by atoms with E-state index in [0.29, 0.717) is 36.4 Å². The van der Waals surface area contributed by atoms with E-state index in [1.54, 1.807) is 7.11 Å². The summed E-state index contributed by atoms with van der Waals surface area (Å²) in [6, 6.07) is 7.50. The van der Waals surface area contributed by atoms with Crippen molar-refractivity contribution in [1.29, 1.82) is 0 Å². The number of nitrogens with zero attached hydrogens (tertiary/aromatic N) is 3. The van der Waals surface area contributed by atoms with Crippen molar-refractivity contribution in [2.45, 2.75) is 26.2 Å². The summed E-state index contributed by atoms with van der Waals surface area (Å²) < 4.78 is 10.4. The number of benzene rings is 1. The molecule has 2 rings (SSSR count). The van der Waals surface area contributed by atoms with Crippen molar-refractivity contribution >= 4 is 11.6 Å². The second-order valence-electron chi connectivity index (χ2n) is 5.04. The molecule has 1 heterocycles. The Labute approximate surface area is 129 Å². The number of aliphatic imine (C=N–C) groups is 1. The Morgan fingerprint density at radius 3 is 2.86 bits per heavy atom. The van der Waals surface area contributed by atoms with Gasteiger partial charge < -0.3 is 20.3 Å². The van der Waals surface area contributed by atoms with Gasteiger partial charge in [0.15, 0.2) is 11.8 Å². The molecular formula is C15H21N5O2. The zero-order chi connectivity index (χ0) is 15.9. The quantitative estimate of drug-likeness (QED) is 0.627. The molecule has 0 unspecified atom stereocenters. The normalized spacial score (nSPS) is 11.7. The van der Waals surface area contributed by atoms with Gasteiger partial charge in [0.25, 0.3) is 0 Å². The number of nitrogens with two attached hydrogens (primary N) is 1. The third kappa shape index (κ3) is 4.21. The van der Waals surface area contributed by atoms with Gasteiger partial charge in [0.2, 0.25) is 5.89 Å². The van der Waals surface area contributed by atoms with Crippen molar-refractivity contribution in [1.82, 2.24) is 10.1 Å². The molecule has 22 heavy (non-hydrogen) atoms. The van der Waals surface area contributed by atoms with Gasteiger partial charge in [0.05, 0.1) is 19.3 Å². The zero-order valence-electron chi connectivity index (χ0n) is 13.0. The molecule has 3 N–H and O–H groups in total.